The molecular weight excluding hydrogens is 732 g/mol. The van der Waals surface area contributed by atoms with Gasteiger partial charge in [-0.25, -0.2) is 0 Å². The van der Waals surface area contributed by atoms with Gasteiger partial charge in [-0.3, -0.25) is 0 Å². The molecule has 7 rings (SSSR count). The highest BCUT2D eigenvalue weighted by molar-refractivity contribution is 9.13. The molecule has 4 aromatic rings. The maximum absolute atomic E-state index is 3.92. The topological polar surface area (TPSA) is 0 Å². The zero-order chi connectivity index (χ0) is 18.5. The molecule has 3 aliphatic rings. The summed E-state index contributed by atoms with van der Waals surface area (Å²) in [5.74, 6) is 0. The second-order valence-corrected chi connectivity index (χ2v) is 12.3. The average molecular weight is 738 g/mol. The predicted octanol–water partition coefficient (Wildman–Crippen LogP) is 9.43. The van der Waals surface area contributed by atoms with E-state index in [1.54, 1.807) is 0 Å². The van der Waals surface area contributed by atoms with Crippen LogP contribution in [0.2, 0.25) is 0 Å². The molecule has 0 nitrogen and oxygen atoms in total. The fourth-order valence-corrected chi connectivity index (χ4v) is 9.01. The highest BCUT2D eigenvalue weighted by Gasteiger charge is 2.38. The minimum absolute atomic E-state index is 0.963. The molecule has 0 heterocycles. The molecule has 4 aromatic carbocycles. The molecule has 0 aromatic heterocycles. The fourth-order valence-electron chi connectivity index (χ4n) is 5.54. The van der Waals surface area contributed by atoms with E-state index in [2.05, 4.69) is 95.6 Å². The van der Waals surface area contributed by atoms with Crippen LogP contribution in [-0.4, -0.2) is 0 Å². The van der Waals surface area contributed by atoms with Crippen LogP contribution >= 0.6 is 95.6 Å². The van der Waals surface area contributed by atoms with E-state index >= 15 is 0 Å². The Morgan fingerprint density at radius 1 is 0.296 bits per heavy atom. The second-order valence-electron chi connectivity index (χ2n) is 7.54. The normalized spacial score (nSPS) is 15.3. The third-order valence-corrected chi connectivity index (χ3v) is 13.4. The number of hydrogen-bond donors (Lipinski definition) is 0. The van der Waals surface area contributed by atoms with Crippen molar-refractivity contribution in [3.63, 3.8) is 0 Å². The van der Waals surface area contributed by atoms with E-state index < -0.39 is 0 Å². The molecule has 0 bridgehead atoms. The molecular formula is C21H6Br6. The summed E-state index contributed by atoms with van der Waals surface area (Å²) in [7, 11) is 0. The van der Waals surface area contributed by atoms with E-state index in [1.165, 1.54) is 92.5 Å². The molecule has 0 saturated heterocycles. The van der Waals surface area contributed by atoms with Gasteiger partial charge < -0.3 is 0 Å². The van der Waals surface area contributed by atoms with Crippen molar-refractivity contribution >= 4 is 128 Å². The fraction of sp³-hybridized carbons (Fsp3) is 0.143. The predicted molar refractivity (Wildman–Crippen MR) is 134 cm³/mol. The van der Waals surface area contributed by atoms with Gasteiger partial charge in [0, 0.05) is 46.1 Å². The number of halogens is 6. The summed E-state index contributed by atoms with van der Waals surface area (Å²) >= 11 is 23.5. The highest BCUT2D eigenvalue weighted by Crippen LogP contribution is 2.60. The van der Waals surface area contributed by atoms with E-state index in [0.29, 0.717) is 0 Å². The van der Waals surface area contributed by atoms with Crippen molar-refractivity contribution in [3.8, 4) is 0 Å². The Labute approximate surface area is 205 Å². The second kappa shape index (κ2) is 5.23. The largest absolute Gasteiger partial charge is 0.0493 e. The van der Waals surface area contributed by atoms with Gasteiger partial charge in [0.15, 0.2) is 0 Å². The first-order valence-corrected chi connectivity index (χ1v) is 13.3. The molecule has 0 fully saturated rings. The van der Waals surface area contributed by atoms with Crippen LogP contribution in [0.3, 0.4) is 0 Å². The van der Waals surface area contributed by atoms with Crippen LogP contribution in [-0.2, 0) is 19.3 Å². The van der Waals surface area contributed by atoms with Crippen molar-refractivity contribution in [1.82, 2.24) is 0 Å². The number of rotatable bonds is 0. The third kappa shape index (κ3) is 1.71. The van der Waals surface area contributed by atoms with Crippen molar-refractivity contribution in [2.75, 3.05) is 0 Å². The molecule has 3 aliphatic carbocycles. The zero-order valence-electron chi connectivity index (χ0n) is 13.4. The van der Waals surface area contributed by atoms with Crippen LogP contribution in [0, 0.1) is 0 Å². The van der Waals surface area contributed by atoms with E-state index in [-0.39, 0.29) is 0 Å². The lowest BCUT2D eigenvalue weighted by molar-refractivity contribution is 1.20. The molecule has 0 atom stereocenters. The molecule has 132 valence electrons. The molecule has 0 radical (unpaired) electrons. The lowest BCUT2D eigenvalue weighted by Gasteiger charge is -2.13. The van der Waals surface area contributed by atoms with Crippen LogP contribution < -0.4 is 0 Å². The SMILES string of the molecule is Brc1c(Br)c2c3c4c1Cc1c(Br)c(Br)c5c(c14)c1c(c(Br)c(Br)c(c31)C2)C5. The maximum atomic E-state index is 3.92. The van der Waals surface area contributed by atoms with Gasteiger partial charge in [-0.15, -0.1) is 0 Å². The summed E-state index contributed by atoms with van der Waals surface area (Å²) in [6.07, 6.45) is 2.89. The van der Waals surface area contributed by atoms with E-state index in [4.69, 9.17) is 0 Å². The van der Waals surface area contributed by atoms with Gasteiger partial charge in [0.2, 0.25) is 0 Å². The lowest BCUT2D eigenvalue weighted by atomic mass is 9.94. The van der Waals surface area contributed by atoms with E-state index in [0.717, 1.165) is 19.3 Å². The van der Waals surface area contributed by atoms with Crippen molar-refractivity contribution in [2.45, 2.75) is 19.3 Å². The van der Waals surface area contributed by atoms with Gasteiger partial charge in [-0.2, -0.15) is 0 Å². The van der Waals surface area contributed by atoms with Crippen molar-refractivity contribution in [3.05, 3.63) is 60.2 Å². The van der Waals surface area contributed by atoms with Crippen molar-refractivity contribution < 1.29 is 0 Å². The van der Waals surface area contributed by atoms with Gasteiger partial charge >= 0.3 is 0 Å². The molecule has 6 heteroatoms. The molecule has 0 N–H and O–H groups in total. The Kier molecular flexibility index (Phi) is 3.34. The first kappa shape index (κ1) is 17.2. The Bertz CT molecular complexity index is 1180. The molecule has 0 unspecified atom stereocenters. The quantitative estimate of drug-likeness (QED) is 0.136. The first-order valence-electron chi connectivity index (χ1n) is 8.51. The van der Waals surface area contributed by atoms with Crippen LogP contribution in [0.1, 0.15) is 33.4 Å². The van der Waals surface area contributed by atoms with Gasteiger partial charge in [0.1, 0.15) is 0 Å². The smallest absolute Gasteiger partial charge is 0.0362 e. The molecule has 0 spiro atoms. The molecule has 0 amide bonds. The summed E-state index contributed by atoms with van der Waals surface area (Å²) < 4.78 is 7.30. The van der Waals surface area contributed by atoms with Crippen molar-refractivity contribution in [2.24, 2.45) is 0 Å². The maximum Gasteiger partial charge on any atom is 0.0362 e. The standard InChI is InChI=1S/C21H6Br6/c22-16-4-1-5-11-10(4)12-6(18(16)24)2-8-14(12)15-9(21(27)20(8)26)3-7(13(11)15)19(25)17(5)23/h1-3H2. The minimum atomic E-state index is 0.963. The van der Waals surface area contributed by atoms with E-state index in [9.17, 15) is 0 Å². The third-order valence-electron chi connectivity index (χ3n) is 6.54. The highest BCUT2D eigenvalue weighted by atomic mass is 79.9. The summed E-state index contributed by atoms with van der Waals surface area (Å²) in [6.45, 7) is 0. The summed E-state index contributed by atoms with van der Waals surface area (Å²) in [4.78, 5) is 0. The Balaban J connectivity index is 1.96. The summed E-state index contributed by atoms with van der Waals surface area (Å²) in [5, 5.41) is 8.79. The zero-order valence-corrected chi connectivity index (χ0v) is 22.9. The van der Waals surface area contributed by atoms with Crippen LogP contribution in [0.25, 0.3) is 32.3 Å². The van der Waals surface area contributed by atoms with Crippen molar-refractivity contribution in [1.29, 1.82) is 0 Å². The number of benzene rings is 4. The van der Waals surface area contributed by atoms with Gasteiger partial charge in [-0.1, -0.05) is 0 Å². The summed E-state index contributed by atoms with van der Waals surface area (Å²) in [5.41, 5.74) is 8.51. The van der Waals surface area contributed by atoms with E-state index in [1.807, 2.05) is 0 Å². The van der Waals surface area contributed by atoms with Gasteiger partial charge in [0.25, 0.3) is 0 Å². The lowest BCUT2D eigenvalue weighted by Crippen LogP contribution is -1.91. The molecule has 0 saturated carbocycles. The monoisotopic (exact) mass is 732 g/mol. The Morgan fingerprint density at radius 2 is 0.444 bits per heavy atom. The Morgan fingerprint density at radius 3 is 0.593 bits per heavy atom. The average Bonchev–Trinajstić information content (AvgIpc) is 3.32. The first-order chi connectivity index (χ1) is 12.9. The van der Waals surface area contributed by atoms with Gasteiger partial charge in [-0.05, 0) is 161 Å². The van der Waals surface area contributed by atoms with Gasteiger partial charge in [0.05, 0.1) is 0 Å². The molecule has 27 heavy (non-hydrogen) atoms. The molecule has 0 aliphatic heterocycles. The van der Waals surface area contributed by atoms with Crippen LogP contribution in [0.15, 0.2) is 26.8 Å². The number of hydrogen-bond acceptors (Lipinski definition) is 0. The van der Waals surface area contributed by atoms with Crippen LogP contribution in [0.4, 0.5) is 0 Å². The summed E-state index contributed by atoms with van der Waals surface area (Å²) in [6, 6.07) is 0. The Hall–Kier alpha value is 0.540. The minimum Gasteiger partial charge on any atom is -0.0493 e. The van der Waals surface area contributed by atoms with Crippen LogP contribution in [0.5, 0.6) is 0 Å².